The van der Waals surface area contributed by atoms with Crippen LogP contribution in [0.2, 0.25) is 0 Å². The van der Waals surface area contributed by atoms with Crippen molar-refractivity contribution in [2.75, 3.05) is 0 Å². The molecule has 3 saturated carbocycles. The molecule has 4 bridgehead atoms. The molecule has 0 aromatic carbocycles. The molecule has 3 fully saturated rings. The highest BCUT2D eigenvalue weighted by Gasteiger charge is 2.47. The van der Waals surface area contributed by atoms with Gasteiger partial charge >= 0.3 is 0 Å². The first-order valence-corrected chi connectivity index (χ1v) is 13.0. The fourth-order valence-electron chi connectivity index (χ4n) is 6.33. The van der Waals surface area contributed by atoms with Crippen molar-refractivity contribution in [2.24, 2.45) is 17.8 Å². The van der Waals surface area contributed by atoms with Crippen molar-refractivity contribution in [2.45, 2.75) is 56.8 Å². The molecule has 0 nitrogen and oxygen atoms in total. The summed E-state index contributed by atoms with van der Waals surface area (Å²) in [6.45, 7) is 0. The summed E-state index contributed by atoms with van der Waals surface area (Å²) in [7, 11) is 0. The molecule has 4 atom stereocenters. The van der Waals surface area contributed by atoms with Crippen molar-refractivity contribution in [1.29, 1.82) is 0 Å². The average Bonchev–Trinajstić information content (AvgIpc) is 3.40. The molecule has 3 aromatic rings. The summed E-state index contributed by atoms with van der Waals surface area (Å²) in [5, 5.41) is 2.18. The van der Waals surface area contributed by atoms with Crippen LogP contribution in [-0.4, -0.2) is 0 Å². The molecule has 3 heteroatoms. The molecular formula is C24H26S3. The Morgan fingerprint density at radius 1 is 0.704 bits per heavy atom. The van der Waals surface area contributed by atoms with Crippen LogP contribution >= 0.6 is 34.0 Å². The van der Waals surface area contributed by atoms with Crippen LogP contribution in [0.3, 0.4) is 0 Å². The van der Waals surface area contributed by atoms with Gasteiger partial charge in [-0.05, 0) is 92.0 Å². The quantitative estimate of drug-likeness (QED) is 0.406. The summed E-state index contributed by atoms with van der Waals surface area (Å²) in [6, 6.07) is 14.0. The molecule has 3 aliphatic carbocycles. The van der Waals surface area contributed by atoms with Crippen molar-refractivity contribution in [3.8, 4) is 19.5 Å². The van der Waals surface area contributed by atoms with Crippen LogP contribution in [0.15, 0.2) is 41.8 Å². The van der Waals surface area contributed by atoms with E-state index in [-0.39, 0.29) is 0 Å². The zero-order chi connectivity index (χ0) is 17.8. The first-order valence-electron chi connectivity index (χ1n) is 10.5. The van der Waals surface area contributed by atoms with Crippen LogP contribution in [0.25, 0.3) is 19.5 Å². The molecule has 4 unspecified atom stereocenters. The van der Waals surface area contributed by atoms with E-state index in [2.05, 4.69) is 53.1 Å². The molecule has 0 amide bonds. The van der Waals surface area contributed by atoms with Crippen molar-refractivity contribution >= 4 is 34.0 Å². The van der Waals surface area contributed by atoms with E-state index >= 15 is 0 Å². The molecule has 3 aromatic heterocycles. The third kappa shape index (κ3) is 2.97. The summed E-state index contributed by atoms with van der Waals surface area (Å²) in [5.74, 6) is 3.05. The molecule has 140 valence electrons. The number of hydrogen-bond acceptors (Lipinski definition) is 3. The van der Waals surface area contributed by atoms with Gasteiger partial charge in [0.15, 0.2) is 0 Å². The largest absolute Gasteiger partial charge is 0.143 e. The second-order valence-corrected chi connectivity index (χ2v) is 12.3. The summed E-state index contributed by atoms with van der Waals surface area (Å²) in [5.41, 5.74) is 0.513. The van der Waals surface area contributed by atoms with E-state index in [4.69, 9.17) is 0 Å². The molecule has 0 N–H and O–H groups in total. The first kappa shape index (κ1) is 17.0. The Bertz CT molecular complexity index is 927. The maximum absolute atomic E-state index is 2.51. The summed E-state index contributed by atoms with van der Waals surface area (Å²) in [6.07, 6.45) is 12.0. The Morgan fingerprint density at radius 3 is 2.33 bits per heavy atom. The lowest BCUT2D eigenvalue weighted by Crippen LogP contribution is -2.35. The van der Waals surface area contributed by atoms with Crippen molar-refractivity contribution in [1.82, 2.24) is 0 Å². The second kappa shape index (κ2) is 6.57. The van der Waals surface area contributed by atoms with Gasteiger partial charge in [-0.1, -0.05) is 18.9 Å². The van der Waals surface area contributed by atoms with Crippen molar-refractivity contribution in [3.63, 3.8) is 0 Å². The lowest BCUT2D eigenvalue weighted by atomic mass is 9.63. The minimum atomic E-state index is 0.513. The Balaban J connectivity index is 1.33. The van der Waals surface area contributed by atoms with Crippen LogP contribution in [0.4, 0.5) is 0 Å². The molecule has 0 aliphatic heterocycles. The molecule has 0 spiro atoms. The maximum Gasteiger partial charge on any atom is 0.0449 e. The SMILES string of the molecule is c1csc(-c2ccc(-c3ccc(C45CCC6CCC(CC(C6)C4)C5)s3)s2)c1. The van der Waals surface area contributed by atoms with Crippen LogP contribution < -0.4 is 0 Å². The highest BCUT2D eigenvalue weighted by Crippen LogP contribution is 2.57. The minimum absolute atomic E-state index is 0.513. The van der Waals surface area contributed by atoms with Crippen LogP contribution in [0.5, 0.6) is 0 Å². The lowest BCUT2D eigenvalue weighted by Gasteiger charge is -2.43. The van der Waals surface area contributed by atoms with Gasteiger partial charge in [-0.2, -0.15) is 0 Å². The Morgan fingerprint density at radius 2 is 1.44 bits per heavy atom. The molecule has 0 radical (unpaired) electrons. The third-order valence-corrected chi connectivity index (χ3v) is 11.1. The third-order valence-electron chi connectivity index (χ3n) is 7.45. The second-order valence-electron chi connectivity index (χ2n) is 9.18. The van der Waals surface area contributed by atoms with Gasteiger partial charge in [-0.25, -0.2) is 0 Å². The summed E-state index contributed by atoms with van der Waals surface area (Å²) in [4.78, 5) is 7.47. The van der Waals surface area contributed by atoms with Gasteiger partial charge in [0.25, 0.3) is 0 Å². The van der Waals surface area contributed by atoms with Crippen molar-refractivity contribution in [3.05, 3.63) is 46.7 Å². The predicted molar refractivity (Wildman–Crippen MR) is 120 cm³/mol. The first-order chi connectivity index (χ1) is 13.3. The maximum atomic E-state index is 2.51. The van der Waals surface area contributed by atoms with E-state index in [1.54, 1.807) is 4.88 Å². The van der Waals surface area contributed by atoms with Crippen LogP contribution in [0, 0.1) is 17.8 Å². The fourth-order valence-corrected chi connectivity index (χ4v) is 9.51. The van der Waals surface area contributed by atoms with Crippen LogP contribution in [0.1, 0.15) is 56.2 Å². The smallest absolute Gasteiger partial charge is 0.0449 e. The monoisotopic (exact) mass is 410 g/mol. The van der Waals surface area contributed by atoms with E-state index in [0.717, 1.165) is 17.8 Å². The predicted octanol–water partition coefficient (Wildman–Crippen LogP) is 8.45. The molecule has 27 heavy (non-hydrogen) atoms. The van der Waals surface area contributed by atoms with Gasteiger partial charge in [-0.15, -0.1) is 34.0 Å². The summed E-state index contributed by atoms with van der Waals surface area (Å²) < 4.78 is 0. The highest BCUT2D eigenvalue weighted by molar-refractivity contribution is 7.26. The lowest BCUT2D eigenvalue weighted by molar-refractivity contribution is 0.161. The molecular weight excluding hydrogens is 384 g/mol. The standard InChI is InChI=1S/C24H26S3/c1-2-19(25-11-1)20-5-6-21(26-20)22-7-8-23(27-22)24-10-9-16-3-4-17(14-24)13-18(12-16)15-24/h1-2,5-8,11,16-18H,3-4,9-10,12-15H2. The van der Waals surface area contributed by atoms with Crippen LogP contribution in [-0.2, 0) is 5.41 Å². The summed E-state index contributed by atoms with van der Waals surface area (Å²) >= 11 is 5.92. The number of thiophene rings is 3. The molecule has 0 saturated heterocycles. The van der Waals surface area contributed by atoms with Gasteiger partial charge < -0.3 is 0 Å². The zero-order valence-electron chi connectivity index (χ0n) is 15.7. The van der Waals surface area contributed by atoms with E-state index in [9.17, 15) is 0 Å². The number of fused-ring (bicyclic) bond motifs is 3. The Labute approximate surface area is 174 Å². The molecule has 6 rings (SSSR count). The topological polar surface area (TPSA) is 0 Å². The molecule has 3 heterocycles. The minimum Gasteiger partial charge on any atom is -0.143 e. The normalized spacial score (nSPS) is 32.5. The Hall–Kier alpha value is -0.900. The fraction of sp³-hybridized carbons (Fsp3) is 0.500. The molecule has 3 aliphatic rings. The van der Waals surface area contributed by atoms with Gasteiger partial charge in [0.05, 0.1) is 0 Å². The average molecular weight is 411 g/mol. The highest BCUT2D eigenvalue weighted by atomic mass is 32.1. The van der Waals surface area contributed by atoms with Gasteiger partial charge in [-0.3, -0.25) is 0 Å². The van der Waals surface area contributed by atoms with Crippen molar-refractivity contribution < 1.29 is 0 Å². The number of hydrogen-bond donors (Lipinski definition) is 0. The van der Waals surface area contributed by atoms with Gasteiger partial charge in [0.2, 0.25) is 0 Å². The van der Waals surface area contributed by atoms with E-state index in [1.165, 1.54) is 70.9 Å². The zero-order valence-corrected chi connectivity index (χ0v) is 18.1. The van der Waals surface area contributed by atoms with E-state index in [1.807, 2.05) is 22.7 Å². The van der Waals surface area contributed by atoms with E-state index < -0.39 is 0 Å². The Kier molecular flexibility index (Phi) is 4.14. The van der Waals surface area contributed by atoms with E-state index in [0.29, 0.717) is 5.41 Å². The van der Waals surface area contributed by atoms with Gasteiger partial charge in [0, 0.05) is 29.8 Å². The van der Waals surface area contributed by atoms with Gasteiger partial charge in [0.1, 0.15) is 0 Å². The number of rotatable bonds is 3.